The number of hydrogen-bond donors (Lipinski definition) is 1. The van der Waals surface area contributed by atoms with Crippen LogP contribution in [-0.4, -0.2) is 25.5 Å². The minimum absolute atomic E-state index is 0.143. The number of rotatable bonds is 4. The van der Waals surface area contributed by atoms with Crippen LogP contribution >= 0.6 is 11.6 Å². The van der Waals surface area contributed by atoms with Gasteiger partial charge in [0.2, 0.25) is 0 Å². The molecule has 0 saturated heterocycles. The van der Waals surface area contributed by atoms with Gasteiger partial charge in [0, 0.05) is 5.02 Å². The molecule has 1 saturated carbocycles. The van der Waals surface area contributed by atoms with Gasteiger partial charge in [0.05, 0.1) is 12.1 Å². The third-order valence-electron chi connectivity index (χ3n) is 5.23. The van der Waals surface area contributed by atoms with Crippen molar-refractivity contribution in [1.29, 1.82) is 0 Å². The smallest absolute Gasteiger partial charge is 0.137 e. The van der Waals surface area contributed by atoms with Gasteiger partial charge in [-0.2, -0.15) is 5.10 Å². The Morgan fingerprint density at radius 3 is 2.68 bits per heavy atom. The fourth-order valence-electron chi connectivity index (χ4n) is 3.62. The van der Waals surface area contributed by atoms with E-state index in [1.807, 2.05) is 24.3 Å². The summed E-state index contributed by atoms with van der Waals surface area (Å²) in [6.07, 6.45) is 6.06. The van der Waals surface area contributed by atoms with Gasteiger partial charge in [0.15, 0.2) is 0 Å². The number of nitrogens with zero attached hydrogens (tertiary/aromatic N) is 3. The summed E-state index contributed by atoms with van der Waals surface area (Å²) in [6.45, 7) is 4.77. The number of aromatic nitrogens is 3. The molecular weight excluding hydrogens is 298 g/mol. The van der Waals surface area contributed by atoms with Crippen LogP contribution in [-0.2, 0) is 13.0 Å². The molecule has 1 unspecified atom stereocenters. The Morgan fingerprint density at radius 1 is 1.32 bits per heavy atom. The molecule has 1 fully saturated rings. The normalized spacial score (nSPS) is 27.2. The molecule has 1 N–H and O–H groups in total. The quantitative estimate of drug-likeness (QED) is 0.940. The van der Waals surface area contributed by atoms with E-state index in [4.69, 9.17) is 11.6 Å². The van der Waals surface area contributed by atoms with Gasteiger partial charge in [-0.3, -0.25) is 4.68 Å². The molecule has 4 nitrogen and oxygen atoms in total. The molecule has 0 amide bonds. The van der Waals surface area contributed by atoms with Gasteiger partial charge in [-0.15, -0.1) is 0 Å². The van der Waals surface area contributed by atoms with E-state index in [0.29, 0.717) is 6.54 Å². The van der Waals surface area contributed by atoms with Crippen LogP contribution in [0.5, 0.6) is 0 Å². The lowest BCUT2D eigenvalue weighted by Crippen LogP contribution is -2.49. The molecule has 22 heavy (non-hydrogen) atoms. The molecule has 0 spiro atoms. The Bertz CT molecular complexity index is 624. The molecule has 0 radical (unpaired) electrons. The molecule has 2 atom stereocenters. The molecule has 1 heterocycles. The molecule has 2 aromatic rings. The molecule has 1 aliphatic carbocycles. The number of hydrogen-bond acceptors (Lipinski definition) is 3. The summed E-state index contributed by atoms with van der Waals surface area (Å²) in [5.41, 5.74) is 0.278. The van der Waals surface area contributed by atoms with Crippen molar-refractivity contribution in [3.05, 3.63) is 47.5 Å². The van der Waals surface area contributed by atoms with Crippen LogP contribution in [0.3, 0.4) is 0 Å². The van der Waals surface area contributed by atoms with Crippen LogP contribution in [0.4, 0.5) is 0 Å². The first-order valence-corrected chi connectivity index (χ1v) is 8.08. The van der Waals surface area contributed by atoms with Gasteiger partial charge in [-0.1, -0.05) is 37.6 Å². The molecule has 3 rings (SSSR count). The van der Waals surface area contributed by atoms with E-state index in [1.165, 1.54) is 11.9 Å². The summed E-state index contributed by atoms with van der Waals surface area (Å²) in [5.74, 6) is 0.202. The maximum atomic E-state index is 11.5. The highest BCUT2D eigenvalue weighted by atomic mass is 35.5. The molecule has 118 valence electrons. The van der Waals surface area contributed by atoms with Crippen LogP contribution < -0.4 is 0 Å². The lowest BCUT2D eigenvalue weighted by Gasteiger charge is -2.40. The molecule has 0 aliphatic heterocycles. The number of halogens is 1. The summed E-state index contributed by atoms with van der Waals surface area (Å²) >= 11 is 5.96. The van der Waals surface area contributed by atoms with Gasteiger partial charge < -0.3 is 5.11 Å². The van der Waals surface area contributed by atoms with E-state index < -0.39 is 5.60 Å². The highest BCUT2D eigenvalue weighted by Gasteiger charge is 2.54. The molecule has 1 aromatic heterocycles. The zero-order chi connectivity index (χ0) is 15.8. The van der Waals surface area contributed by atoms with Crippen LogP contribution in [0.1, 0.15) is 32.3 Å². The van der Waals surface area contributed by atoms with Crippen LogP contribution in [0.2, 0.25) is 5.02 Å². The summed E-state index contributed by atoms with van der Waals surface area (Å²) in [6, 6.07) is 7.91. The predicted molar refractivity (Wildman–Crippen MR) is 86.6 cm³/mol. The maximum absolute atomic E-state index is 11.5. The topological polar surface area (TPSA) is 50.9 Å². The molecule has 0 bridgehead atoms. The van der Waals surface area contributed by atoms with Crippen molar-refractivity contribution in [2.24, 2.45) is 11.3 Å². The van der Waals surface area contributed by atoms with E-state index in [1.54, 1.807) is 11.0 Å². The Hall–Kier alpha value is -1.39. The van der Waals surface area contributed by atoms with Crippen LogP contribution in [0.25, 0.3) is 0 Å². The standard InChI is InChI=1S/C17H22ClN3O/c1-16(2)8-7-14(9-13-3-5-15(18)6-4-13)17(16,22)10-21-12-19-11-20-21/h3-6,11-12,14,22H,7-10H2,1-2H3/t14-,17?/m0/s1. The van der Waals surface area contributed by atoms with Crippen molar-refractivity contribution in [3.8, 4) is 0 Å². The second-order valence-electron chi connectivity index (χ2n) is 6.97. The van der Waals surface area contributed by atoms with Crippen molar-refractivity contribution in [3.63, 3.8) is 0 Å². The van der Waals surface area contributed by atoms with E-state index >= 15 is 0 Å². The van der Waals surface area contributed by atoms with Crippen LogP contribution in [0, 0.1) is 11.3 Å². The Kier molecular flexibility index (Phi) is 4.00. The number of aliphatic hydroxyl groups is 1. The third-order valence-corrected chi connectivity index (χ3v) is 5.48. The fourth-order valence-corrected chi connectivity index (χ4v) is 3.75. The van der Waals surface area contributed by atoms with Gasteiger partial charge in [0.1, 0.15) is 12.7 Å². The minimum atomic E-state index is -0.791. The van der Waals surface area contributed by atoms with Crippen molar-refractivity contribution >= 4 is 11.6 Å². The Morgan fingerprint density at radius 2 is 2.05 bits per heavy atom. The van der Waals surface area contributed by atoms with E-state index in [9.17, 15) is 5.11 Å². The molecule has 1 aromatic carbocycles. The molecule has 5 heteroatoms. The number of benzene rings is 1. The predicted octanol–water partition coefficient (Wildman–Crippen LogP) is 3.34. The summed E-state index contributed by atoms with van der Waals surface area (Å²) in [7, 11) is 0. The van der Waals surface area contributed by atoms with Crippen molar-refractivity contribution in [2.45, 2.75) is 45.3 Å². The molecule has 1 aliphatic rings. The second kappa shape index (κ2) is 5.67. The largest absolute Gasteiger partial charge is 0.387 e. The van der Waals surface area contributed by atoms with Crippen molar-refractivity contribution in [1.82, 2.24) is 14.8 Å². The first-order valence-electron chi connectivity index (χ1n) is 7.70. The lowest BCUT2D eigenvalue weighted by molar-refractivity contribution is -0.0907. The summed E-state index contributed by atoms with van der Waals surface area (Å²) in [4.78, 5) is 3.99. The zero-order valence-corrected chi connectivity index (χ0v) is 13.8. The lowest BCUT2D eigenvalue weighted by atomic mass is 9.72. The average molecular weight is 320 g/mol. The maximum Gasteiger partial charge on any atom is 0.137 e. The van der Waals surface area contributed by atoms with E-state index in [-0.39, 0.29) is 11.3 Å². The van der Waals surface area contributed by atoms with Gasteiger partial charge in [-0.25, -0.2) is 4.98 Å². The van der Waals surface area contributed by atoms with Gasteiger partial charge in [0.25, 0.3) is 0 Å². The average Bonchev–Trinajstić information content (AvgIpc) is 3.04. The Balaban J connectivity index is 1.84. The zero-order valence-electron chi connectivity index (χ0n) is 13.0. The highest BCUT2D eigenvalue weighted by molar-refractivity contribution is 6.30. The summed E-state index contributed by atoms with van der Waals surface area (Å²) in [5, 5.41) is 16.4. The summed E-state index contributed by atoms with van der Waals surface area (Å²) < 4.78 is 1.74. The SMILES string of the molecule is CC1(C)CC[C@@H](Cc2ccc(Cl)cc2)C1(O)Cn1cncn1. The second-order valence-corrected chi connectivity index (χ2v) is 7.40. The third kappa shape index (κ3) is 2.77. The Labute approximate surface area is 136 Å². The van der Waals surface area contributed by atoms with Gasteiger partial charge in [-0.05, 0) is 48.3 Å². The molecular formula is C17H22ClN3O. The minimum Gasteiger partial charge on any atom is -0.387 e. The van der Waals surface area contributed by atoms with Crippen molar-refractivity contribution in [2.75, 3.05) is 0 Å². The fraction of sp³-hybridized carbons (Fsp3) is 0.529. The monoisotopic (exact) mass is 319 g/mol. The van der Waals surface area contributed by atoms with E-state index in [0.717, 1.165) is 24.3 Å². The first kappa shape index (κ1) is 15.5. The van der Waals surface area contributed by atoms with Crippen LogP contribution in [0.15, 0.2) is 36.9 Å². The van der Waals surface area contributed by atoms with Gasteiger partial charge >= 0.3 is 0 Å². The highest BCUT2D eigenvalue weighted by Crippen LogP contribution is 2.51. The van der Waals surface area contributed by atoms with E-state index in [2.05, 4.69) is 23.9 Å². The van der Waals surface area contributed by atoms with Crippen molar-refractivity contribution < 1.29 is 5.11 Å². The first-order chi connectivity index (χ1) is 10.4.